The summed E-state index contributed by atoms with van der Waals surface area (Å²) in [6.45, 7) is 12.1. The van der Waals surface area contributed by atoms with Crippen molar-refractivity contribution in [2.45, 2.75) is 72.1 Å². The molecule has 0 saturated heterocycles. The van der Waals surface area contributed by atoms with Gasteiger partial charge in [0.2, 0.25) is 0 Å². The molecule has 3 nitrogen and oxygen atoms in total. The molecule has 0 aromatic rings. The second kappa shape index (κ2) is 16.3. The van der Waals surface area contributed by atoms with E-state index in [1.807, 2.05) is 0 Å². The number of hydrogen-bond donors (Lipinski definition) is 3. The maximum atomic E-state index is 5.72. The highest BCUT2D eigenvalue weighted by molar-refractivity contribution is 4.74. The summed E-state index contributed by atoms with van der Waals surface area (Å²) in [6.07, 6.45) is 10.5. The van der Waals surface area contributed by atoms with Crippen LogP contribution in [0.5, 0.6) is 0 Å². The second-order valence-electron chi connectivity index (χ2n) is 6.49. The first-order chi connectivity index (χ1) is 10.3. The quantitative estimate of drug-likeness (QED) is 0.541. The minimum atomic E-state index is 0.809. The highest BCUT2D eigenvalue weighted by Gasteiger charge is 2.19. The Hall–Kier alpha value is -0.120. The third-order valence-corrected chi connectivity index (χ3v) is 4.15. The van der Waals surface area contributed by atoms with Gasteiger partial charge in [-0.1, -0.05) is 33.6 Å². The van der Waals surface area contributed by atoms with Crippen molar-refractivity contribution in [2.75, 3.05) is 32.7 Å². The van der Waals surface area contributed by atoms with E-state index in [2.05, 4.69) is 31.4 Å². The highest BCUT2D eigenvalue weighted by Crippen LogP contribution is 2.27. The molecule has 1 saturated carbocycles. The molecule has 0 atom stereocenters. The van der Waals surface area contributed by atoms with E-state index in [0.717, 1.165) is 31.5 Å². The van der Waals surface area contributed by atoms with Crippen molar-refractivity contribution in [1.29, 1.82) is 0 Å². The van der Waals surface area contributed by atoms with Crippen molar-refractivity contribution in [1.82, 2.24) is 10.6 Å². The normalized spacial score (nSPS) is 21.7. The average Bonchev–Trinajstić information content (AvgIpc) is 2.51. The Kier molecular flexibility index (Phi) is 16.2. The molecule has 0 radical (unpaired) electrons. The molecule has 128 valence electrons. The summed E-state index contributed by atoms with van der Waals surface area (Å²) in [4.78, 5) is 0. The molecule has 0 heterocycles. The van der Waals surface area contributed by atoms with E-state index in [-0.39, 0.29) is 0 Å². The molecule has 0 bridgehead atoms. The van der Waals surface area contributed by atoms with Crippen LogP contribution in [-0.2, 0) is 0 Å². The van der Waals surface area contributed by atoms with Crippen LogP contribution in [0.3, 0.4) is 0 Å². The lowest BCUT2D eigenvalue weighted by Gasteiger charge is -2.27. The van der Waals surface area contributed by atoms with Gasteiger partial charge in [-0.25, -0.2) is 0 Å². The standard InChI is InChI=1S/C15H33N3.C3H8/c1-2-3-9-17-10-4-11-18-13-15-7-5-14(12-16)6-8-15;1-3-2/h14-15,17-18H,2-13,16H2,1H3;3H2,1-2H3. The summed E-state index contributed by atoms with van der Waals surface area (Å²) in [7, 11) is 0. The predicted molar refractivity (Wildman–Crippen MR) is 95.7 cm³/mol. The van der Waals surface area contributed by atoms with E-state index >= 15 is 0 Å². The molecule has 0 amide bonds. The minimum Gasteiger partial charge on any atom is -0.330 e. The molecule has 21 heavy (non-hydrogen) atoms. The van der Waals surface area contributed by atoms with Gasteiger partial charge < -0.3 is 16.4 Å². The molecule has 0 aromatic carbocycles. The van der Waals surface area contributed by atoms with E-state index in [0.29, 0.717) is 0 Å². The summed E-state index contributed by atoms with van der Waals surface area (Å²) in [5, 5.41) is 7.09. The predicted octanol–water partition coefficient (Wildman–Crippen LogP) is 3.54. The van der Waals surface area contributed by atoms with E-state index in [1.54, 1.807) is 0 Å². The molecular formula is C18H41N3. The van der Waals surface area contributed by atoms with Gasteiger partial charge in [0.1, 0.15) is 0 Å². The molecule has 0 aliphatic heterocycles. The molecule has 1 aliphatic rings. The third-order valence-electron chi connectivity index (χ3n) is 4.15. The summed E-state index contributed by atoms with van der Waals surface area (Å²) in [5.74, 6) is 1.71. The number of nitrogens with two attached hydrogens (primary N) is 1. The maximum absolute atomic E-state index is 5.72. The monoisotopic (exact) mass is 299 g/mol. The van der Waals surface area contributed by atoms with Crippen LogP contribution in [0.1, 0.15) is 72.1 Å². The lowest BCUT2D eigenvalue weighted by atomic mass is 9.82. The van der Waals surface area contributed by atoms with Crippen molar-refractivity contribution in [3.05, 3.63) is 0 Å². The van der Waals surface area contributed by atoms with Gasteiger partial charge in [-0.2, -0.15) is 0 Å². The fourth-order valence-corrected chi connectivity index (χ4v) is 2.74. The Labute approximate surface area is 133 Å². The Bertz CT molecular complexity index is 189. The smallest absolute Gasteiger partial charge is 0.00205 e. The van der Waals surface area contributed by atoms with Crippen LogP contribution < -0.4 is 16.4 Å². The fourth-order valence-electron chi connectivity index (χ4n) is 2.74. The molecule has 4 N–H and O–H groups in total. The molecule has 1 fully saturated rings. The van der Waals surface area contributed by atoms with Crippen LogP contribution in [0.25, 0.3) is 0 Å². The first kappa shape index (κ1) is 20.9. The van der Waals surface area contributed by atoms with Crippen molar-refractivity contribution < 1.29 is 0 Å². The number of unbranched alkanes of at least 4 members (excludes halogenated alkanes) is 1. The number of nitrogens with one attached hydrogen (secondary N) is 2. The van der Waals surface area contributed by atoms with E-state index in [9.17, 15) is 0 Å². The van der Waals surface area contributed by atoms with Crippen molar-refractivity contribution >= 4 is 0 Å². The van der Waals surface area contributed by atoms with E-state index in [4.69, 9.17) is 5.73 Å². The van der Waals surface area contributed by atoms with Crippen molar-refractivity contribution in [2.24, 2.45) is 17.6 Å². The number of rotatable bonds is 10. The summed E-state index contributed by atoms with van der Waals surface area (Å²) in [6, 6.07) is 0. The van der Waals surface area contributed by atoms with Gasteiger partial charge in [-0.05, 0) is 83.1 Å². The zero-order chi connectivity index (χ0) is 15.8. The van der Waals surface area contributed by atoms with Gasteiger partial charge >= 0.3 is 0 Å². The van der Waals surface area contributed by atoms with Crippen molar-refractivity contribution in [3.63, 3.8) is 0 Å². The lowest BCUT2D eigenvalue weighted by Crippen LogP contribution is -2.30. The first-order valence-electron chi connectivity index (χ1n) is 9.39. The van der Waals surface area contributed by atoms with Crippen LogP contribution in [-0.4, -0.2) is 32.7 Å². The van der Waals surface area contributed by atoms with Crippen molar-refractivity contribution in [3.8, 4) is 0 Å². The Morgan fingerprint density at radius 2 is 1.33 bits per heavy atom. The summed E-state index contributed by atoms with van der Waals surface area (Å²) in [5.41, 5.74) is 5.72. The second-order valence-corrected chi connectivity index (χ2v) is 6.49. The Morgan fingerprint density at radius 1 is 0.810 bits per heavy atom. The average molecular weight is 300 g/mol. The zero-order valence-electron chi connectivity index (χ0n) is 14.9. The molecule has 1 aliphatic carbocycles. The van der Waals surface area contributed by atoms with Crippen LogP contribution >= 0.6 is 0 Å². The van der Waals surface area contributed by atoms with Gasteiger partial charge in [0.05, 0.1) is 0 Å². The zero-order valence-corrected chi connectivity index (χ0v) is 14.9. The summed E-state index contributed by atoms with van der Waals surface area (Å²) < 4.78 is 0. The Balaban J connectivity index is 0.00000122. The number of hydrogen-bond acceptors (Lipinski definition) is 3. The molecule has 0 aromatic heterocycles. The molecule has 3 heteroatoms. The highest BCUT2D eigenvalue weighted by atomic mass is 14.9. The third kappa shape index (κ3) is 13.3. The SMILES string of the molecule is CCC.CCCCNCCCNCC1CCC(CN)CC1. The van der Waals surface area contributed by atoms with Crippen LogP contribution in [0, 0.1) is 11.8 Å². The first-order valence-corrected chi connectivity index (χ1v) is 9.39. The van der Waals surface area contributed by atoms with Gasteiger partial charge in [-0.15, -0.1) is 0 Å². The van der Waals surface area contributed by atoms with Gasteiger partial charge in [0.25, 0.3) is 0 Å². The van der Waals surface area contributed by atoms with Gasteiger partial charge in [0.15, 0.2) is 0 Å². The molecule has 1 rings (SSSR count). The lowest BCUT2D eigenvalue weighted by molar-refractivity contribution is 0.272. The molecule has 0 spiro atoms. The largest absolute Gasteiger partial charge is 0.330 e. The van der Waals surface area contributed by atoms with Gasteiger partial charge in [-0.3, -0.25) is 0 Å². The van der Waals surface area contributed by atoms with Gasteiger partial charge in [0, 0.05) is 0 Å². The fraction of sp³-hybridized carbons (Fsp3) is 1.00. The maximum Gasteiger partial charge on any atom is -0.00205 e. The Morgan fingerprint density at radius 3 is 1.90 bits per heavy atom. The molecular weight excluding hydrogens is 258 g/mol. The van der Waals surface area contributed by atoms with Crippen LogP contribution in [0.4, 0.5) is 0 Å². The molecule has 0 unspecified atom stereocenters. The van der Waals surface area contributed by atoms with Crippen LogP contribution in [0.2, 0.25) is 0 Å². The van der Waals surface area contributed by atoms with Crippen LogP contribution in [0.15, 0.2) is 0 Å². The topological polar surface area (TPSA) is 50.1 Å². The summed E-state index contributed by atoms with van der Waals surface area (Å²) >= 11 is 0. The minimum absolute atomic E-state index is 0.809. The van der Waals surface area contributed by atoms with E-state index < -0.39 is 0 Å². The van der Waals surface area contributed by atoms with E-state index in [1.165, 1.54) is 64.5 Å².